The van der Waals surface area contributed by atoms with Crippen LogP contribution in [0.25, 0.3) is 103 Å². The molecule has 0 fully saturated rings. The van der Waals surface area contributed by atoms with E-state index in [9.17, 15) is 0 Å². The summed E-state index contributed by atoms with van der Waals surface area (Å²) in [4.78, 5) is 0. The summed E-state index contributed by atoms with van der Waals surface area (Å²) in [5, 5.41) is 13.6. The summed E-state index contributed by atoms with van der Waals surface area (Å²) in [6, 6.07) is 49.9. The fraction of sp³-hybridized carbons (Fsp3) is 0.200. The lowest BCUT2D eigenvalue weighted by Crippen LogP contribution is -2.37. The highest BCUT2D eigenvalue weighted by Crippen LogP contribution is 2.50. The van der Waals surface area contributed by atoms with Crippen molar-refractivity contribution in [2.24, 2.45) is 0 Å². The van der Waals surface area contributed by atoms with Gasteiger partial charge in [0.25, 0.3) is 0 Å². The van der Waals surface area contributed by atoms with E-state index in [4.69, 9.17) is 8.83 Å². The lowest BCUT2D eigenvalue weighted by molar-refractivity contribution is 0.332. The summed E-state index contributed by atoms with van der Waals surface area (Å²) >= 11 is 1.88. The standard InChI is InChI=1S/C60H48BN2O2S/c1-58(2,3)32-16-18-33(19-17-32)62-47-30-52-40(41-25-44-45(29-51(41)65-52)60(6,7)23-22-59(44,4)5)24-38(47)36-20-21-37-39-28-55-43(35-13-9-11-15-54(35)66-55)27-48(39)63-49-31-53-42(26-46(49)61-56(36)57(37)63)34-12-8-10-14-50(34)64-53/h8-21,24-31,62H,22-23H2,1-7H3. The van der Waals surface area contributed by atoms with E-state index in [-0.39, 0.29) is 16.2 Å². The van der Waals surface area contributed by atoms with Crippen LogP contribution >= 0.6 is 11.3 Å². The second-order valence-electron chi connectivity index (χ2n) is 21.5. The van der Waals surface area contributed by atoms with Gasteiger partial charge in [0.15, 0.2) is 7.28 Å². The predicted octanol–water partition coefficient (Wildman–Crippen LogP) is 16.0. The normalized spacial score (nSPS) is 15.4. The molecule has 66 heavy (non-hydrogen) atoms. The molecular formula is C60H48BN2O2S. The van der Waals surface area contributed by atoms with E-state index in [1.807, 2.05) is 11.3 Å². The Labute approximate surface area is 388 Å². The van der Waals surface area contributed by atoms with Gasteiger partial charge < -0.3 is 18.7 Å². The number of fused-ring (bicyclic) bond motifs is 15. The van der Waals surface area contributed by atoms with Crippen LogP contribution in [0, 0.1) is 0 Å². The molecule has 0 amide bonds. The van der Waals surface area contributed by atoms with E-state index in [2.05, 4.69) is 199 Å². The third-order valence-corrected chi connectivity index (χ3v) is 16.6. The second-order valence-corrected chi connectivity index (χ2v) is 22.6. The van der Waals surface area contributed by atoms with Crippen LogP contribution in [0.1, 0.15) is 78.0 Å². The van der Waals surface area contributed by atoms with Crippen LogP contribution in [-0.2, 0) is 16.2 Å². The minimum absolute atomic E-state index is 0.0539. The molecule has 2 aliphatic rings. The Kier molecular flexibility index (Phi) is 7.58. The number of hydrogen-bond donors (Lipinski definition) is 1. The van der Waals surface area contributed by atoms with Gasteiger partial charge in [0.2, 0.25) is 0 Å². The van der Waals surface area contributed by atoms with Gasteiger partial charge in [-0.1, -0.05) is 121 Å². The Balaban J connectivity index is 1.07. The molecule has 8 aromatic carbocycles. The maximum absolute atomic E-state index is 6.93. The molecule has 1 N–H and O–H groups in total. The number of rotatable bonds is 3. The SMILES string of the molecule is CC(C)(C)c1ccc(Nc2cc3oc4cc5c(cc4c3cc2-c2ccc3c4cc6sc7ccccc7c6cc4n4c3c2[B]c2cc3c(cc2-4)oc2ccccc23)C(C)(C)CCC5(C)C)cc1. The molecule has 1 radical (unpaired) electrons. The van der Waals surface area contributed by atoms with Gasteiger partial charge in [0.1, 0.15) is 22.3 Å². The molecule has 0 unspecified atom stereocenters. The minimum Gasteiger partial charge on any atom is -0.456 e. The molecule has 5 heterocycles. The van der Waals surface area contributed by atoms with Crippen LogP contribution in [0.5, 0.6) is 0 Å². The highest BCUT2D eigenvalue weighted by molar-refractivity contribution is 7.25. The Bertz CT molecular complexity index is 4090. The number of aromatic nitrogens is 1. The summed E-state index contributed by atoms with van der Waals surface area (Å²) in [6.45, 7) is 16.4. The molecule has 0 saturated carbocycles. The molecule has 4 nitrogen and oxygen atoms in total. The zero-order valence-corrected chi connectivity index (χ0v) is 39.2. The van der Waals surface area contributed by atoms with Crippen molar-refractivity contribution in [3.8, 4) is 16.8 Å². The highest BCUT2D eigenvalue weighted by atomic mass is 32.1. The first-order chi connectivity index (χ1) is 31.8. The van der Waals surface area contributed by atoms with Crippen molar-refractivity contribution in [3.05, 3.63) is 150 Å². The van der Waals surface area contributed by atoms with Gasteiger partial charge in [0.05, 0.1) is 11.2 Å². The number of nitrogens with one attached hydrogen (secondary N) is 1. The van der Waals surface area contributed by atoms with Gasteiger partial charge in [0, 0.05) is 87.1 Å². The number of para-hydroxylation sites is 1. The zero-order chi connectivity index (χ0) is 44.6. The van der Waals surface area contributed by atoms with Crippen LogP contribution < -0.4 is 16.2 Å². The van der Waals surface area contributed by atoms with Crippen LogP contribution in [0.15, 0.2) is 142 Å². The first-order valence-electron chi connectivity index (χ1n) is 23.4. The van der Waals surface area contributed by atoms with Gasteiger partial charge in [-0.15, -0.1) is 11.3 Å². The van der Waals surface area contributed by atoms with Crippen molar-refractivity contribution >= 4 is 127 Å². The summed E-state index contributed by atoms with van der Waals surface area (Å²) in [7, 11) is 2.44. The maximum atomic E-state index is 6.93. The van der Waals surface area contributed by atoms with Crippen molar-refractivity contribution in [1.82, 2.24) is 4.57 Å². The van der Waals surface area contributed by atoms with E-state index in [0.29, 0.717) is 0 Å². The minimum atomic E-state index is 0.0539. The second kappa shape index (κ2) is 13.0. The van der Waals surface area contributed by atoms with Gasteiger partial charge in [-0.05, 0) is 111 Å². The molecule has 14 rings (SSSR count). The Morgan fingerprint density at radius 2 is 1.24 bits per heavy atom. The third-order valence-electron chi connectivity index (χ3n) is 15.4. The molecule has 4 aromatic heterocycles. The molecule has 6 heteroatoms. The molecule has 0 spiro atoms. The number of benzene rings is 8. The lowest BCUT2D eigenvalue weighted by atomic mass is 9.59. The van der Waals surface area contributed by atoms with E-state index < -0.39 is 0 Å². The average molecular weight is 872 g/mol. The van der Waals surface area contributed by atoms with E-state index in [1.165, 1.54) is 80.5 Å². The van der Waals surface area contributed by atoms with Crippen molar-refractivity contribution in [3.63, 3.8) is 0 Å². The molecule has 319 valence electrons. The lowest BCUT2D eigenvalue weighted by Gasteiger charge is -2.41. The van der Waals surface area contributed by atoms with Gasteiger partial charge in [-0.3, -0.25) is 0 Å². The summed E-state index contributed by atoms with van der Waals surface area (Å²) < 4.78 is 18.7. The summed E-state index contributed by atoms with van der Waals surface area (Å²) in [5.41, 5.74) is 18.3. The van der Waals surface area contributed by atoms with Crippen molar-refractivity contribution in [1.29, 1.82) is 0 Å². The van der Waals surface area contributed by atoms with Crippen molar-refractivity contribution in [2.45, 2.75) is 77.6 Å². The number of anilines is 2. The van der Waals surface area contributed by atoms with Gasteiger partial charge >= 0.3 is 0 Å². The zero-order valence-electron chi connectivity index (χ0n) is 38.4. The van der Waals surface area contributed by atoms with E-state index >= 15 is 0 Å². The predicted molar refractivity (Wildman–Crippen MR) is 282 cm³/mol. The van der Waals surface area contributed by atoms with Crippen LogP contribution in [0.2, 0.25) is 0 Å². The Hall–Kier alpha value is -6.76. The molecule has 1 aliphatic carbocycles. The topological polar surface area (TPSA) is 43.2 Å². The number of hydrogen-bond acceptors (Lipinski definition) is 4. The third kappa shape index (κ3) is 5.39. The summed E-state index contributed by atoms with van der Waals surface area (Å²) in [6.07, 6.45) is 2.31. The first-order valence-corrected chi connectivity index (χ1v) is 24.3. The van der Waals surface area contributed by atoms with E-state index in [1.54, 1.807) is 0 Å². The number of furan rings is 2. The Morgan fingerprint density at radius 1 is 0.561 bits per heavy atom. The molecule has 12 aromatic rings. The molecule has 0 bridgehead atoms. The van der Waals surface area contributed by atoms with Crippen molar-refractivity contribution in [2.75, 3.05) is 5.32 Å². The molecule has 0 atom stereocenters. The van der Waals surface area contributed by atoms with Crippen molar-refractivity contribution < 1.29 is 8.83 Å². The molecule has 0 saturated heterocycles. The van der Waals surface area contributed by atoms with E-state index in [0.717, 1.165) is 74.0 Å². The van der Waals surface area contributed by atoms with Gasteiger partial charge in [-0.2, -0.15) is 0 Å². The maximum Gasteiger partial charge on any atom is 0.197 e. The average Bonchev–Trinajstić information content (AvgIpc) is 4.05. The monoisotopic (exact) mass is 871 g/mol. The molecular weight excluding hydrogens is 824 g/mol. The number of thiophene rings is 1. The van der Waals surface area contributed by atoms with Crippen LogP contribution in [-0.4, -0.2) is 11.8 Å². The number of nitrogens with zero attached hydrogens (tertiary/aromatic N) is 1. The molecule has 1 aliphatic heterocycles. The largest absolute Gasteiger partial charge is 0.456 e. The van der Waals surface area contributed by atoms with Crippen LogP contribution in [0.4, 0.5) is 11.4 Å². The fourth-order valence-corrected chi connectivity index (χ4v) is 12.8. The summed E-state index contributed by atoms with van der Waals surface area (Å²) in [5.74, 6) is 0. The quantitative estimate of drug-likeness (QED) is 0.180. The van der Waals surface area contributed by atoms with Gasteiger partial charge in [-0.25, -0.2) is 0 Å². The Morgan fingerprint density at radius 3 is 2.05 bits per heavy atom. The van der Waals surface area contributed by atoms with Crippen LogP contribution in [0.3, 0.4) is 0 Å². The fourth-order valence-electron chi connectivity index (χ4n) is 11.6. The highest BCUT2D eigenvalue weighted by Gasteiger charge is 2.38. The first kappa shape index (κ1) is 38.5. The smallest absolute Gasteiger partial charge is 0.197 e.